The summed E-state index contributed by atoms with van der Waals surface area (Å²) in [4.78, 5) is 51.8. The van der Waals surface area contributed by atoms with Gasteiger partial charge in [0.05, 0.1) is 5.56 Å². The van der Waals surface area contributed by atoms with Gasteiger partial charge in [0, 0.05) is 32.7 Å². The Morgan fingerprint density at radius 3 is 2.10 bits per heavy atom. The Labute approximate surface area is 177 Å². The van der Waals surface area contributed by atoms with E-state index in [0.29, 0.717) is 11.1 Å². The average molecular weight is 416 g/mol. The van der Waals surface area contributed by atoms with Gasteiger partial charge in [0.1, 0.15) is 0 Å². The molecule has 1 aliphatic carbocycles. The van der Waals surface area contributed by atoms with Gasteiger partial charge < -0.3 is 4.74 Å². The monoisotopic (exact) mass is 416 g/mol. The van der Waals surface area contributed by atoms with Crippen LogP contribution in [0, 0.1) is 0 Å². The molecule has 0 bridgehead atoms. The Hall–Kier alpha value is -3.51. The summed E-state index contributed by atoms with van der Waals surface area (Å²) in [5, 5.41) is 0. The lowest BCUT2D eigenvalue weighted by atomic mass is 9.82. The number of rotatable bonds is 5. The summed E-state index contributed by atoms with van der Waals surface area (Å²) >= 11 is 1.56. The molecule has 0 spiro atoms. The smallest absolute Gasteiger partial charge is 0.339 e. The maximum Gasteiger partial charge on any atom is 0.339 e. The summed E-state index contributed by atoms with van der Waals surface area (Å²) in [5.41, 5.74) is 1.14. The highest BCUT2D eigenvalue weighted by molar-refractivity contribution is 7.98. The minimum atomic E-state index is -0.818. The van der Waals surface area contributed by atoms with E-state index in [1.54, 1.807) is 48.2 Å². The van der Waals surface area contributed by atoms with E-state index in [9.17, 15) is 19.2 Å². The predicted molar refractivity (Wildman–Crippen MR) is 113 cm³/mol. The van der Waals surface area contributed by atoms with Crippen molar-refractivity contribution in [1.82, 2.24) is 0 Å². The molecular formula is C24H16O5S. The lowest BCUT2D eigenvalue weighted by Gasteiger charge is -2.19. The largest absolute Gasteiger partial charge is 0.454 e. The Morgan fingerprint density at radius 1 is 0.800 bits per heavy atom. The van der Waals surface area contributed by atoms with E-state index >= 15 is 0 Å². The van der Waals surface area contributed by atoms with Crippen molar-refractivity contribution in [3.8, 4) is 0 Å². The summed E-state index contributed by atoms with van der Waals surface area (Å²) in [6.45, 7) is -0.458. The van der Waals surface area contributed by atoms with E-state index in [1.165, 1.54) is 18.2 Å². The van der Waals surface area contributed by atoms with Gasteiger partial charge in [0.2, 0.25) is 0 Å². The van der Waals surface area contributed by atoms with Crippen molar-refractivity contribution in [1.29, 1.82) is 0 Å². The molecule has 0 saturated carbocycles. The summed E-state index contributed by atoms with van der Waals surface area (Å²) in [6.07, 6.45) is 1.93. The minimum absolute atomic E-state index is 0.0166. The Bertz CT molecular complexity index is 1190. The number of hydrogen-bond donors (Lipinski definition) is 0. The van der Waals surface area contributed by atoms with Gasteiger partial charge in [0.15, 0.2) is 24.0 Å². The quantitative estimate of drug-likeness (QED) is 0.275. The van der Waals surface area contributed by atoms with Gasteiger partial charge in [-0.3, -0.25) is 14.4 Å². The van der Waals surface area contributed by atoms with E-state index in [2.05, 4.69) is 0 Å². The number of esters is 1. The van der Waals surface area contributed by atoms with Crippen LogP contribution in [0.15, 0.2) is 71.6 Å². The second-order valence-electron chi connectivity index (χ2n) is 6.66. The van der Waals surface area contributed by atoms with Crippen LogP contribution in [0.25, 0.3) is 0 Å². The molecule has 0 saturated heterocycles. The first-order valence-electron chi connectivity index (χ1n) is 9.17. The first-order chi connectivity index (χ1) is 14.5. The van der Waals surface area contributed by atoms with Crippen LogP contribution >= 0.6 is 11.8 Å². The minimum Gasteiger partial charge on any atom is -0.454 e. The highest BCUT2D eigenvalue weighted by atomic mass is 32.2. The molecule has 0 radical (unpaired) electrons. The molecule has 3 aromatic carbocycles. The van der Waals surface area contributed by atoms with Crippen LogP contribution in [-0.4, -0.2) is 36.2 Å². The van der Waals surface area contributed by atoms with Crippen molar-refractivity contribution in [2.75, 3.05) is 12.9 Å². The fraction of sp³-hybridized carbons (Fsp3) is 0.0833. The number of fused-ring (bicyclic) bond motifs is 2. The van der Waals surface area contributed by atoms with Gasteiger partial charge in [-0.2, -0.15) is 0 Å². The molecule has 0 aliphatic heterocycles. The van der Waals surface area contributed by atoms with E-state index in [-0.39, 0.29) is 33.8 Å². The van der Waals surface area contributed by atoms with Gasteiger partial charge in [-0.25, -0.2) is 4.79 Å². The third-order valence-electron chi connectivity index (χ3n) is 4.92. The summed E-state index contributed by atoms with van der Waals surface area (Å²) < 4.78 is 5.18. The van der Waals surface area contributed by atoms with E-state index in [0.717, 1.165) is 4.90 Å². The molecular weight excluding hydrogens is 400 g/mol. The number of carbonyl (C=O) groups is 4. The molecule has 0 fully saturated rings. The van der Waals surface area contributed by atoms with Crippen molar-refractivity contribution < 1.29 is 23.9 Å². The molecule has 3 aromatic rings. The molecule has 0 heterocycles. The van der Waals surface area contributed by atoms with E-state index in [1.807, 2.05) is 18.4 Å². The second kappa shape index (κ2) is 8.08. The molecule has 0 atom stereocenters. The van der Waals surface area contributed by atoms with Crippen molar-refractivity contribution in [3.63, 3.8) is 0 Å². The SMILES string of the molecule is CSc1ccc(C(=O)COC(=O)c2cccc3c2C(=O)c2ccccc2C3=O)cc1. The Kier molecular flexibility index (Phi) is 5.33. The van der Waals surface area contributed by atoms with Crippen molar-refractivity contribution in [2.24, 2.45) is 0 Å². The second-order valence-corrected chi connectivity index (χ2v) is 7.54. The number of ether oxygens (including phenoxy) is 1. The van der Waals surface area contributed by atoms with Gasteiger partial charge >= 0.3 is 5.97 Å². The van der Waals surface area contributed by atoms with Gasteiger partial charge in [-0.15, -0.1) is 11.8 Å². The van der Waals surface area contributed by atoms with Crippen LogP contribution in [0.2, 0.25) is 0 Å². The molecule has 0 aromatic heterocycles. The fourth-order valence-corrected chi connectivity index (χ4v) is 3.79. The zero-order valence-electron chi connectivity index (χ0n) is 16.0. The average Bonchev–Trinajstić information content (AvgIpc) is 2.80. The van der Waals surface area contributed by atoms with Gasteiger partial charge in [-0.1, -0.05) is 48.5 Å². The van der Waals surface area contributed by atoms with E-state index < -0.39 is 18.4 Å². The van der Waals surface area contributed by atoms with Crippen LogP contribution < -0.4 is 0 Å². The highest BCUT2D eigenvalue weighted by Gasteiger charge is 2.33. The van der Waals surface area contributed by atoms with Crippen molar-refractivity contribution in [3.05, 3.63) is 100 Å². The van der Waals surface area contributed by atoms with Crippen LogP contribution in [-0.2, 0) is 4.74 Å². The van der Waals surface area contributed by atoms with Crippen molar-refractivity contribution >= 4 is 35.1 Å². The summed E-state index contributed by atoms with van der Waals surface area (Å²) in [5.74, 6) is -1.90. The normalized spacial score (nSPS) is 12.2. The molecule has 30 heavy (non-hydrogen) atoms. The lowest BCUT2D eigenvalue weighted by molar-refractivity contribution is 0.0473. The standard InChI is InChI=1S/C24H16O5S/c1-30-15-11-9-14(10-12-15)20(25)13-29-24(28)19-8-4-7-18-21(19)23(27)17-6-3-2-5-16(17)22(18)26/h2-12H,13H2,1H3. The molecule has 0 N–H and O–H groups in total. The summed E-state index contributed by atoms with van der Waals surface area (Å²) in [7, 11) is 0. The Balaban J connectivity index is 1.58. The maximum absolute atomic E-state index is 13.0. The van der Waals surface area contributed by atoms with Crippen LogP contribution in [0.4, 0.5) is 0 Å². The number of benzene rings is 3. The molecule has 5 nitrogen and oxygen atoms in total. The maximum atomic E-state index is 13.0. The van der Waals surface area contributed by atoms with Crippen LogP contribution in [0.1, 0.15) is 52.6 Å². The van der Waals surface area contributed by atoms with Crippen molar-refractivity contribution in [2.45, 2.75) is 4.90 Å². The molecule has 1 aliphatic rings. The highest BCUT2D eigenvalue weighted by Crippen LogP contribution is 2.29. The molecule has 148 valence electrons. The first-order valence-corrected chi connectivity index (χ1v) is 10.4. The first kappa shape index (κ1) is 19.8. The topological polar surface area (TPSA) is 77.5 Å². The molecule has 6 heteroatoms. The molecule has 0 unspecified atom stereocenters. The number of hydrogen-bond acceptors (Lipinski definition) is 6. The molecule has 4 rings (SSSR count). The van der Waals surface area contributed by atoms with Crippen LogP contribution in [0.5, 0.6) is 0 Å². The lowest BCUT2D eigenvalue weighted by Crippen LogP contribution is -2.25. The third-order valence-corrected chi connectivity index (χ3v) is 5.66. The fourth-order valence-electron chi connectivity index (χ4n) is 3.38. The summed E-state index contributed by atoms with van der Waals surface area (Å²) in [6, 6.07) is 17.9. The van der Waals surface area contributed by atoms with Gasteiger partial charge in [-0.05, 0) is 24.5 Å². The zero-order valence-corrected chi connectivity index (χ0v) is 16.8. The number of ketones is 3. The number of Topliss-reactive ketones (excluding diaryl/α,β-unsaturated/α-hetero) is 1. The number of carbonyl (C=O) groups excluding carboxylic acids is 4. The van der Waals surface area contributed by atoms with E-state index in [4.69, 9.17) is 4.74 Å². The number of thioether (sulfide) groups is 1. The third kappa shape index (κ3) is 3.46. The predicted octanol–water partition coefficient (Wildman–Crippen LogP) is 4.22. The zero-order chi connectivity index (χ0) is 21.3. The van der Waals surface area contributed by atoms with Crippen LogP contribution in [0.3, 0.4) is 0 Å². The Morgan fingerprint density at radius 2 is 1.43 bits per heavy atom. The molecule has 0 amide bonds. The van der Waals surface area contributed by atoms with Gasteiger partial charge in [0.25, 0.3) is 0 Å².